The zero-order valence-corrected chi connectivity index (χ0v) is 75.8. The van der Waals surface area contributed by atoms with E-state index in [2.05, 4.69) is 445 Å². The van der Waals surface area contributed by atoms with Crippen molar-refractivity contribution in [1.82, 2.24) is 0 Å². The third-order valence-corrected chi connectivity index (χ3v) is 70.9. The molecule has 0 unspecified atom stereocenters. The van der Waals surface area contributed by atoms with Crippen LogP contribution in [0, 0.1) is 0 Å². The summed E-state index contributed by atoms with van der Waals surface area (Å²) in [5, 5.41) is 1.53. The first-order valence-corrected chi connectivity index (χ1v) is 54.6. The fourth-order valence-electron chi connectivity index (χ4n) is 20.7. The Morgan fingerprint density at radius 3 is 0.562 bits per heavy atom. The maximum atomic E-state index is 10.1. The first-order valence-electron chi connectivity index (χ1n) is 42.0. The number of hydrogen-bond acceptors (Lipinski definition) is 4. The summed E-state index contributed by atoms with van der Waals surface area (Å²) in [4.78, 5) is 0. The molecular weight excluding hydrogens is 1510 g/mol. The van der Waals surface area contributed by atoms with Gasteiger partial charge in [0, 0.05) is 0 Å². The number of hydrogen-bond donors (Lipinski definition) is 0. The van der Waals surface area contributed by atoms with Gasteiger partial charge in [0.2, 0.25) is 0 Å². The summed E-state index contributed by atoms with van der Waals surface area (Å²) in [5.41, 5.74) is 24.9. The molecule has 0 radical (unpaired) electrons. The standard InChI is InChI=1S/C104H122Ge2N2O2Si2/c1-75(2)93-71-95(99(85-51-31-19-32-52-85)86-53-33-20-34-54-86)103(96(72-93)100(87-55-35-21-36-56-87)88-57-37-22-38-58-88)107(111(77(5)6,78(7)8)79(9)10)105(69-67-83-47-27-17-28-48-83)109-106(110-105,70-68-84-49-29-18-30-50-84)108(112(80(11)12,81(13)14)82(15)16)104-97(101(89-59-39-23-40-60-89)90-61-41-24-42-62-90)73-94(76(3)4)74-98(104)102(91-63-43-25-44-64-91)92-65-45-26-46-66-92/h17-66,71-82,99-102H,67-70H2,1-16H3. The molecule has 8 heteroatoms. The van der Waals surface area contributed by atoms with Crippen molar-refractivity contribution in [3.8, 4) is 0 Å². The van der Waals surface area contributed by atoms with E-state index in [9.17, 15) is 5.58 Å². The molecular formula is C104H122Ge2N2O2Si2. The fraction of sp³-hybridized carbons (Fsp3) is 0.308. The van der Waals surface area contributed by atoms with Crippen molar-refractivity contribution in [3.05, 3.63) is 417 Å². The first-order chi connectivity index (χ1) is 54.2. The van der Waals surface area contributed by atoms with Crippen LogP contribution < -0.4 is 7.05 Å². The van der Waals surface area contributed by atoms with Gasteiger partial charge in [-0.25, -0.2) is 0 Å². The molecule has 0 atom stereocenters. The van der Waals surface area contributed by atoms with Crippen LogP contribution in [0.3, 0.4) is 0 Å². The Balaban J connectivity index is 1.28. The van der Waals surface area contributed by atoms with Gasteiger partial charge in [0.1, 0.15) is 0 Å². The quantitative estimate of drug-likeness (QED) is 0.0310. The second-order valence-corrected chi connectivity index (χ2v) is 62.9. The number of aryl methyl sites for hydroxylation is 2. The Kier molecular flexibility index (Phi) is 26.3. The third kappa shape index (κ3) is 16.3. The van der Waals surface area contributed by atoms with Gasteiger partial charge in [0.05, 0.1) is 0 Å². The molecule has 1 saturated heterocycles. The summed E-state index contributed by atoms with van der Waals surface area (Å²) in [6, 6.07) is 126. The second-order valence-electron chi connectivity index (χ2n) is 34.4. The van der Waals surface area contributed by atoms with Gasteiger partial charge in [0.25, 0.3) is 0 Å². The summed E-state index contributed by atoms with van der Waals surface area (Å²) in [6.07, 6.45) is 1.61. The van der Waals surface area contributed by atoms with Crippen molar-refractivity contribution in [3.63, 3.8) is 0 Å². The van der Waals surface area contributed by atoms with Gasteiger partial charge in [-0.05, 0) is 0 Å². The minimum absolute atomic E-state index is 0.175. The molecule has 12 aromatic rings. The van der Waals surface area contributed by atoms with Crippen LogP contribution in [0.5, 0.6) is 0 Å². The molecule has 1 fully saturated rings. The van der Waals surface area contributed by atoms with Crippen LogP contribution >= 0.6 is 0 Å². The van der Waals surface area contributed by atoms with Gasteiger partial charge in [0.15, 0.2) is 0 Å². The maximum absolute atomic E-state index is 10.1. The molecule has 13 rings (SSSR count). The normalized spacial score (nSPS) is 15.5. The number of nitrogens with zero attached hydrogens (tertiary/aromatic N) is 2. The second kappa shape index (κ2) is 36.0. The molecule has 0 amide bonds. The molecule has 12 aromatic carbocycles. The number of rotatable bonds is 32. The van der Waals surface area contributed by atoms with Gasteiger partial charge < -0.3 is 0 Å². The summed E-state index contributed by atoms with van der Waals surface area (Å²) in [7, 11) is -6.37. The minimum atomic E-state index is -5.05. The zero-order chi connectivity index (χ0) is 78.9. The van der Waals surface area contributed by atoms with Crippen molar-refractivity contribution in [2.45, 2.75) is 203 Å². The van der Waals surface area contributed by atoms with E-state index in [0.717, 1.165) is 23.3 Å². The molecule has 0 N–H and O–H groups in total. The summed E-state index contributed by atoms with van der Waals surface area (Å²) >= 11 is -10.1. The molecule has 576 valence electrons. The van der Waals surface area contributed by atoms with Crippen LogP contribution in [0.25, 0.3) is 0 Å². The Hall–Kier alpha value is -8.32. The molecule has 0 saturated carbocycles. The molecule has 4 nitrogen and oxygen atoms in total. The molecule has 1 aliphatic heterocycles. The molecule has 1 heterocycles. The average molecular weight is 1630 g/mol. The van der Waals surface area contributed by atoms with Crippen molar-refractivity contribution in [2.75, 3.05) is 7.05 Å². The summed E-state index contributed by atoms with van der Waals surface area (Å²) in [6.45, 7) is 41.1. The monoisotopic (exact) mass is 1630 g/mol. The van der Waals surface area contributed by atoms with E-state index in [0.29, 0.717) is 0 Å². The number of anilines is 2. The fourth-order valence-corrected chi connectivity index (χ4v) is 86.8. The zero-order valence-electron chi connectivity index (χ0n) is 69.6. The molecule has 1 aliphatic rings. The van der Waals surface area contributed by atoms with Crippen molar-refractivity contribution >= 4 is 56.2 Å². The van der Waals surface area contributed by atoms with Crippen LogP contribution in [0.4, 0.5) is 11.4 Å². The van der Waals surface area contributed by atoms with Crippen LogP contribution in [-0.4, -0.2) is 44.8 Å². The Morgan fingerprint density at radius 2 is 0.402 bits per heavy atom. The van der Waals surface area contributed by atoms with E-state index in [4.69, 9.17) is 0 Å². The molecule has 112 heavy (non-hydrogen) atoms. The summed E-state index contributed by atoms with van der Waals surface area (Å²) in [5.74, 6) is -0.316. The van der Waals surface area contributed by atoms with Crippen LogP contribution in [0.2, 0.25) is 43.8 Å². The van der Waals surface area contributed by atoms with E-state index in [1.807, 2.05) is 0 Å². The predicted molar refractivity (Wildman–Crippen MR) is 487 cm³/mol. The van der Waals surface area contributed by atoms with Crippen LogP contribution in [0.15, 0.2) is 328 Å². The molecule has 0 aliphatic carbocycles. The van der Waals surface area contributed by atoms with Gasteiger partial charge >= 0.3 is 688 Å². The van der Waals surface area contributed by atoms with Gasteiger partial charge in [-0.1, -0.05) is 0 Å². The van der Waals surface area contributed by atoms with E-state index in [1.165, 1.54) is 100 Å². The molecule has 0 aromatic heterocycles. The topological polar surface area (TPSA) is 24.9 Å². The Bertz CT molecular complexity index is 4210. The Labute approximate surface area is 682 Å². The van der Waals surface area contributed by atoms with Gasteiger partial charge in [-0.15, -0.1) is 0 Å². The first kappa shape index (κ1) is 81.7. The molecule has 0 bridgehead atoms. The van der Waals surface area contributed by atoms with E-state index >= 15 is 0 Å². The predicted octanol–water partition coefficient (Wildman–Crippen LogP) is 28.7. The van der Waals surface area contributed by atoms with Gasteiger partial charge in [-0.3, -0.25) is 0 Å². The average Bonchev–Trinajstić information content (AvgIpc) is 0.669. The van der Waals surface area contributed by atoms with E-state index in [-0.39, 0.29) is 68.8 Å². The van der Waals surface area contributed by atoms with Crippen molar-refractivity contribution < 1.29 is 5.58 Å². The van der Waals surface area contributed by atoms with Crippen molar-refractivity contribution in [2.24, 2.45) is 0 Å². The third-order valence-electron chi connectivity index (χ3n) is 25.3. The van der Waals surface area contributed by atoms with Crippen LogP contribution in [0.1, 0.15) is 235 Å². The SMILES string of the molecule is CC(C)c1cc(C(c2ccccc2)c2ccccc2)c([N]([Si](C(C)C)(C(C)C)C(C)C)[Ge]2([CH2]Cc3ccccc3)[O][Ge]([CH2]Cc3ccccc3)([N](c3c(C(c4ccccc4)c4ccccc4)cc(C(C)C)cc3C(c3ccccc3)c3ccccc3)[Si](C(C)C)(C(C)C)C(C)C)[O]2)c(C(c2ccccc2)c2ccccc2)c1. The Morgan fingerprint density at radius 1 is 0.232 bits per heavy atom. The summed E-state index contributed by atoms with van der Waals surface area (Å²) < 4.78 is 26.8. The van der Waals surface area contributed by atoms with E-state index in [1.54, 1.807) is 0 Å². The van der Waals surface area contributed by atoms with Gasteiger partial charge in [-0.2, -0.15) is 0 Å². The van der Waals surface area contributed by atoms with E-state index < -0.39 is 44.8 Å². The number of benzene rings is 12. The van der Waals surface area contributed by atoms with Crippen molar-refractivity contribution in [1.29, 1.82) is 0 Å². The van der Waals surface area contributed by atoms with Crippen LogP contribution in [-0.2, 0) is 18.4 Å². The molecule has 0 spiro atoms.